The topological polar surface area (TPSA) is 0 Å². The molecule has 2 aliphatic carbocycles. The van der Waals surface area contributed by atoms with E-state index in [-0.39, 0.29) is 11.8 Å². The van der Waals surface area contributed by atoms with E-state index in [0.717, 1.165) is 0 Å². The van der Waals surface area contributed by atoms with Gasteiger partial charge in [-0.15, -0.1) is 0 Å². The molecule has 224 valence electrons. The fraction of sp³-hybridized carbons (Fsp3) is 0.0417. The van der Waals surface area contributed by atoms with Crippen molar-refractivity contribution < 1.29 is 0 Å². The summed E-state index contributed by atoms with van der Waals surface area (Å²) in [5.41, 5.74) is 18.7. The van der Waals surface area contributed by atoms with Crippen molar-refractivity contribution in [2.75, 3.05) is 0 Å². The summed E-state index contributed by atoms with van der Waals surface area (Å²) >= 11 is 0. The third kappa shape index (κ3) is 4.09. The molecule has 0 heterocycles. The van der Waals surface area contributed by atoms with Gasteiger partial charge in [0.2, 0.25) is 0 Å². The monoisotopic (exact) mass is 608 g/mol. The van der Waals surface area contributed by atoms with Crippen LogP contribution in [0.25, 0.3) is 55.3 Å². The van der Waals surface area contributed by atoms with Crippen LogP contribution >= 0.6 is 0 Å². The summed E-state index contributed by atoms with van der Waals surface area (Å²) in [6, 6.07) is 67.5. The van der Waals surface area contributed by atoms with E-state index < -0.39 is 0 Å². The van der Waals surface area contributed by atoms with Gasteiger partial charge in [-0.1, -0.05) is 182 Å². The summed E-state index contributed by atoms with van der Waals surface area (Å²) in [6.45, 7) is 0. The molecule has 0 spiro atoms. The molecule has 0 amide bonds. The zero-order chi connectivity index (χ0) is 31.6. The van der Waals surface area contributed by atoms with Crippen molar-refractivity contribution in [2.45, 2.75) is 11.8 Å². The molecule has 0 saturated carbocycles. The van der Waals surface area contributed by atoms with Crippen LogP contribution in [0, 0.1) is 0 Å². The standard InChI is InChI=1S/C48H32/c1-2-12-38-36(32-23-27-34(28-24-32)48-45-19-9-5-15-41(45)42-16-6-10-20-46(42)48)30-29-35(37(38)11-1)31-21-25-33(26-22-31)47-43-17-7-3-13-39(43)40-14-4-8-18-44(40)47/h1-30,47-48H. The van der Waals surface area contributed by atoms with Gasteiger partial charge >= 0.3 is 0 Å². The lowest BCUT2D eigenvalue weighted by molar-refractivity contribution is 1.02. The Morgan fingerprint density at radius 2 is 0.521 bits per heavy atom. The third-order valence-corrected chi connectivity index (χ3v) is 10.7. The van der Waals surface area contributed by atoms with Gasteiger partial charge in [0.15, 0.2) is 0 Å². The molecule has 0 radical (unpaired) electrons. The average molecular weight is 609 g/mol. The van der Waals surface area contributed by atoms with Gasteiger partial charge in [-0.25, -0.2) is 0 Å². The van der Waals surface area contributed by atoms with Crippen LogP contribution in [0.15, 0.2) is 182 Å². The van der Waals surface area contributed by atoms with Crippen molar-refractivity contribution >= 4 is 10.8 Å². The molecule has 8 aromatic carbocycles. The molecular weight excluding hydrogens is 577 g/mol. The Hall–Kier alpha value is -5.98. The first kappa shape index (κ1) is 27.2. The molecule has 0 N–H and O–H groups in total. The predicted molar refractivity (Wildman–Crippen MR) is 200 cm³/mol. The van der Waals surface area contributed by atoms with Crippen molar-refractivity contribution in [1.82, 2.24) is 0 Å². The maximum atomic E-state index is 2.33. The van der Waals surface area contributed by atoms with Crippen LogP contribution in [0.2, 0.25) is 0 Å². The fourth-order valence-corrected chi connectivity index (χ4v) is 8.54. The Morgan fingerprint density at radius 3 is 0.854 bits per heavy atom. The zero-order valence-electron chi connectivity index (χ0n) is 26.5. The highest BCUT2D eigenvalue weighted by Crippen LogP contribution is 2.49. The lowest BCUT2D eigenvalue weighted by Gasteiger charge is -2.17. The first-order valence-electron chi connectivity index (χ1n) is 16.9. The molecule has 8 aromatic rings. The lowest BCUT2D eigenvalue weighted by atomic mass is 9.86. The fourth-order valence-electron chi connectivity index (χ4n) is 8.54. The normalized spacial score (nSPS) is 13.2. The first-order chi connectivity index (χ1) is 23.8. The number of rotatable bonds is 4. The van der Waals surface area contributed by atoms with Crippen LogP contribution in [0.3, 0.4) is 0 Å². The van der Waals surface area contributed by atoms with Crippen molar-refractivity contribution in [3.63, 3.8) is 0 Å². The minimum atomic E-state index is 0.264. The van der Waals surface area contributed by atoms with Gasteiger partial charge < -0.3 is 0 Å². The number of fused-ring (bicyclic) bond motifs is 7. The van der Waals surface area contributed by atoms with Gasteiger partial charge in [0, 0.05) is 11.8 Å². The SMILES string of the molecule is c1ccc2c(c1)-c1ccccc1C2c1ccc(-c2ccc(-c3ccc(C4c5ccccc5-c5ccccc54)cc3)c3ccccc23)cc1. The largest absolute Gasteiger partial charge is 0.0619 e. The van der Waals surface area contributed by atoms with E-state index in [0.29, 0.717) is 0 Å². The summed E-state index contributed by atoms with van der Waals surface area (Å²) < 4.78 is 0. The first-order valence-corrected chi connectivity index (χ1v) is 16.9. The smallest absolute Gasteiger partial charge is 0.0352 e. The quantitative estimate of drug-likeness (QED) is 0.186. The highest BCUT2D eigenvalue weighted by Gasteiger charge is 2.30. The van der Waals surface area contributed by atoms with Crippen molar-refractivity contribution in [1.29, 1.82) is 0 Å². The number of benzene rings is 8. The maximum absolute atomic E-state index is 2.33. The van der Waals surface area contributed by atoms with Gasteiger partial charge in [-0.2, -0.15) is 0 Å². The van der Waals surface area contributed by atoms with Gasteiger partial charge in [-0.05, 0) is 88.7 Å². The second-order valence-corrected chi connectivity index (χ2v) is 13.2. The van der Waals surface area contributed by atoms with Crippen molar-refractivity contribution in [2.24, 2.45) is 0 Å². The average Bonchev–Trinajstić information content (AvgIpc) is 3.68. The predicted octanol–water partition coefficient (Wildman–Crippen LogP) is 12.5. The minimum Gasteiger partial charge on any atom is -0.0619 e. The molecule has 0 aromatic heterocycles. The molecule has 0 unspecified atom stereocenters. The highest BCUT2D eigenvalue weighted by molar-refractivity contribution is 6.05. The summed E-state index contributed by atoms with van der Waals surface area (Å²) in [7, 11) is 0. The number of hydrogen-bond donors (Lipinski definition) is 0. The Bertz CT molecular complexity index is 2230. The molecule has 0 heteroatoms. The van der Waals surface area contributed by atoms with E-state index in [1.165, 1.54) is 88.7 Å². The Balaban J connectivity index is 1.00. The summed E-state index contributed by atoms with van der Waals surface area (Å²) in [5, 5.41) is 2.56. The summed E-state index contributed by atoms with van der Waals surface area (Å²) in [5.74, 6) is 0.527. The minimum absolute atomic E-state index is 0.264. The van der Waals surface area contributed by atoms with Crippen LogP contribution in [0.5, 0.6) is 0 Å². The Labute approximate surface area is 281 Å². The summed E-state index contributed by atoms with van der Waals surface area (Å²) in [4.78, 5) is 0. The molecule has 0 saturated heterocycles. The number of hydrogen-bond acceptors (Lipinski definition) is 0. The van der Waals surface area contributed by atoms with Crippen LogP contribution < -0.4 is 0 Å². The van der Waals surface area contributed by atoms with E-state index in [2.05, 4.69) is 182 Å². The van der Waals surface area contributed by atoms with Crippen LogP contribution in [0.1, 0.15) is 45.2 Å². The Morgan fingerprint density at radius 1 is 0.229 bits per heavy atom. The highest BCUT2D eigenvalue weighted by atomic mass is 14.3. The molecule has 0 atom stereocenters. The molecule has 0 aliphatic heterocycles. The van der Waals surface area contributed by atoms with Gasteiger partial charge in [0.05, 0.1) is 0 Å². The second-order valence-electron chi connectivity index (χ2n) is 13.2. The molecule has 48 heavy (non-hydrogen) atoms. The van der Waals surface area contributed by atoms with Crippen LogP contribution in [0.4, 0.5) is 0 Å². The molecule has 10 rings (SSSR count). The molecule has 0 nitrogen and oxygen atoms in total. The Kier molecular flexibility index (Phi) is 6.11. The van der Waals surface area contributed by atoms with E-state index in [1.54, 1.807) is 0 Å². The third-order valence-electron chi connectivity index (χ3n) is 10.7. The molecular formula is C48H32. The van der Waals surface area contributed by atoms with Crippen molar-refractivity contribution in [3.05, 3.63) is 215 Å². The van der Waals surface area contributed by atoms with E-state index in [9.17, 15) is 0 Å². The maximum Gasteiger partial charge on any atom is 0.0352 e. The van der Waals surface area contributed by atoms with Crippen LogP contribution in [-0.4, -0.2) is 0 Å². The molecule has 2 aliphatic rings. The van der Waals surface area contributed by atoms with Gasteiger partial charge in [0.25, 0.3) is 0 Å². The van der Waals surface area contributed by atoms with Crippen LogP contribution in [-0.2, 0) is 0 Å². The molecule has 0 bridgehead atoms. The summed E-state index contributed by atoms with van der Waals surface area (Å²) in [6.07, 6.45) is 0. The lowest BCUT2D eigenvalue weighted by Crippen LogP contribution is -1.99. The van der Waals surface area contributed by atoms with Gasteiger partial charge in [0.1, 0.15) is 0 Å². The second kappa shape index (κ2) is 10.8. The van der Waals surface area contributed by atoms with E-state index in [4.69, 9.17) is 0 Å². The van der Waals surface area contributed by atoms with E-state index in [1.807, 2.05) is 0 Å². The van der Waals surface area contributed by atoms with E-state index >= 15 is 0 Å². The van der Waals surface area contributed by atoms with Gasteiger partial charge in [-0.3, -0.25) is 0 Å². The molecule has 0 fully saturated rings. The zero-order valence-corrected chi connectivity index (χ0v) is 26.5. The van der Waals surface area contributed by atoms with Crippen molar-refractivity contribution in [3.8, 4) is 44.5 Å².